The zero-order valence-electron chi connectivity index (χ0n) is 10.4. The highest BCUT2D eigenvalue weighted by molar-refractivity contribution is 6.31. The fourth-order valence-corrected chi connectivity index (χ4v) is 1.89. The van der Waals surface area contributed by atoms with Crippen molar-refractivity contribution in [3.05, 3.63) is 64.4 Å². The minimum absolute atomic E-state index is 0.0690. The predicted octanol–water partition coefficient (Wildman–Crippen LogP) is 4.11. The molecule has 0 spiro atoms. The van der Waals surface area contributed by atoms with Gasteiger partial charge in [-0.15, -0.1) is 0 Å². The summed E-state index contributed by atoms with van der Waals surface area (Å²) in [4.78, 5) is 0. The third kappa shape index (κ3) is 3.46. The number of halogens is 2. The average molecular weight is 281 g/mol. The van der Waals surface area contributed by atoms with Crippen LogP contribution in [0.2, 0.25) is 5.02 Å². The summed E-state index contributed by atoms with van der Waals surface area (Å²) in [5.74, 6) is 0.219. The van der Waals surface area contributed by atoms with Gasteiger partial charge < -0.3 is 9.84 Å². The van der Waals surface area contributed by atoms with E-state index in [0.717, 1.165) is 5.56 Å². The minimum atomic E-state index is -0.518. The van der Waals surface area contributed by atoms with Crippen molar-refractivity contribution in [3.63, 3.8) is 0 Å². The highest BCUT2D eigenvalue weighted by atomic mass is 35.5. The standard InChI is InChI=1S/C15H14ClFO2/c1-10(18)11-5-7-12(8-6-11)19-9-13-14(16)3-2-4-15(13)17/h2-8,10,18H,9H2,1H3/t10-/m0/s1. The van der Waals surface area contributed by atoms with Crippen molar-refractivity contribution < 1.29 is 14.2 Å². The molecule has 0 saturated carbocycles. The van der Waals surface area contributed by atoms with E-state index in [1.807, 2.05) is 0 Å². The van der Waals surface area contributed by atoms with Crippen LogP contribution in [-0.2, 0) is 6.61 Å². The first-order chi connectivity index (χ1) is 9.08. The van der Waals surface area contributed by atoms with Gasteiger partial charge in [0.15, 0.2) is 0 Å². The quantitative estimate of drug-likeness (QED) is 0.913. The molecule has 100 valence electrons. The van der Waals surface area contributed by atoms with Crippen molar-refractivity contribution in [1.82, 2.24) is 0 Å². The molecule has 1 atom stereocenters. The molecule has 4 heteroatoms. The van der Waals surface area contributed by atoms with Crippen LogP contribution in [0.15, 0.2) is 42.5 Å². The molecule has 0 bridgehead atoms. The minimum Gasteiger partial charge on any atom is -0.489 e. The van der Waals surface area contributed by atoms with Crippen LogP contribution in [0.3, 0.4) is 0 Å². The maximum absolute atomic E-state index is 13.5. The van der Waals surface area contributed by atoms with Gasteiger partial charge in [-0.05, 0) is 36.8 Å². The second-order valence-electron chi connectivity index (χ2n) is 4.23. The van der Waals surface area contributed by atoms with Crippen molar-refractivity contribution in [2.45, 2.75) is 19.6 Å². The van der Waals surface area contributed by atoms with Gasteiger partial charge in [-0.25, -0.2) is 4.39 Å². The summed E-state index contributed by atoms with van der Waals surface area (Å²) in [6, 6.07) is 11.5. The van der Waals surface area contributed by atoms with Gasteiger partial charge in [0, 0.05) is 5.56 Å². The Bertz CT molecular complexity index is 532. The second kappa shape index (κ2) is 6.04. The van der Waals surface area contributed by atoms with Crippen molar-refractivity contribution in [2.24, 2.45) is 0 Å². The predicted molar refractivity (Wildman–Crippen MR) is 72.8 cm³/mol. The Kier molecular flexibility index (Phi) is 4.40. The Hall–Kier alpha value is -1.58. The topological polar surface area (TPSA) is 29.5 Å². The van der Waals surface area contributed by atoms with Crippen LogP contribution in [0.5, 0.6) is 5.75 Å². The van der Waals surface area contributed by atoms with Crippen LogP contribution in [-0.4, -0.2) is 5.11 Å². The van der Waals surface area contributed by atoms with Crippen molar-refractivity contribution in [2.75, 3.05) is 0 Å². The van der Waals surface area contributed by atoms with Gasteiger partial charge in [-0.2, -0.15) is 0 Å². The van der Waals surface area contributed by atoms with Gasteiger partial charge in [-0.1, -0.05) is 29.8 Å². The molecular formula is C15H14ClFO2. The summed E-state index contributed by atoms with van der Waals surface area (Å²) < 4.78 is 19.0. The van der Waals surface area contributed by atoms with E-state index in [9.17, 15) is 9.50 Å². The monoisotopic (exact) mass is 280 g/mol. The highest BCUT2D eigenvalue weighted by Gasteiger charge is 2.08. The van der Waals surface area contributed by atoms with Crippen LogP contribution in [0.1, 0.15) is 24.2 Å². The molecule has 0 amide bonds. The van der Waals surface area contributed by atoms with E-state index in [1.54, 1.807) is 43.3 Å². The molecular weight excluding hydrogens is 267 g/mol. The molecule has 0 unspecified atom stereocenters. The third-order valence-electron chi connectivity index (χ3n) is 2.81. The summed E-state index contributed by atoms with van der Waals surface area (Å²) in [7, 11) is 0. The summed E-state index contributed by atoms with van der Waals surface area (Å²) in [6.45, 7) is 1.76. The molecule has 0 heterocycles. The van der Waals surface area contributed by atoms with Crippen LogP contribution in [0.4, 0.5) is 4.39 Å². The number of benzene rings is 2. The lowest BCUT2D eigenvalue weighted by Gasteiger charge is -2.10. The molecule has 0 radical (unpaired) electrons. The molecule has 0 aliphatic carbocycles. The largest absolute Gasteiger partial charge is 0.489 e. The first-order valence-corrected chi connectivity index (χ1v) is 6.29. The lowest BCUT2D eigenvalue weighted by molar-refractivity contribution is 0.199. The van der Waals surface area contributed by atoms with Crippen molar-refractivity contribution >= 4 is 11.6 Å². The van der Waals surface area contributed by atoms with Gasteiger partial charge in [-0.3, -0.25) is 0 Å². The molecule has 0 aliphatic heterocycles. The van der Waals surface area contributed by atoms with E-state index < -0.39 is 6.10 Å². The first-order valence-electron chi connectivity index (χ1n) is 5.91. The van der Waals surface area contributed by atoms with E-state index in [0.29, 0.717) is 16.3 Å². The lowest BCUT2D eigenvalue weighted by atomic mass is 10.1. The SMILES string of the molecule is C[C@H](O)c1ccc(OCc2c(F)cccc2Cl)cc1. The summed E-state index contributed by atoms with van der Waals surface area (Å²) >= 11 is 5.91. The van der Waals surface area contributed by atoms with Crippen LogP contribution in [0, 0.1) is 5.82 Å². The number of aliphatic hydroxyl groups is 1. The first kappa shape index (κ1) is 13.8. The normalized spacial score (nSPS) is 12.2. The Morgan fingerprint density at radius 1 is 1.21 bits per heavy atom. The molecule has 0 aromatic heterocycles. The highest BCUT2D eigenvalue weighted by Crippen LogP contribution is 2.22. The van der Waals surface area contributed by atoms with Gasteiger partial charge in [0.1, 0.15) is 18.2 Å². The zero-order valence-corrected chi connectivity index (χ0v) is 11.2. The molecule has 2 nitrogen and oxygen atoms in total. The molecule has 2 aromatic carbocycles. The Morgan fingerprint density at radius 3 is 2.47 bits per heavy atom. The van der Waals surface area contributed by atoms with Crippen molar-refractivity contribution in [1.29, 1.82) is 0 Å². The Labute approximate surface area is 116 Å². The van der Waals surface area contributed by atoms with Crippen molar-refractivity contribution in [3.8, 4) is 5.75 Å². The summed E-state index contributed by atoms with van der Waals surface area (Å²) in [5, 5.41) is 9.74. The fraction of sp³-hybridized carbons (Fsp3) is 0.200. The number of rotatable bonds is 4. The molecule has 0 fully saturated rings. The van der Waals surface area contributed by atoms with Gasteiger partial charge in [0.2, 0.25) is 0 Å². The fourth-order valence-electron chi connectivity index (χ4n) is 1.67. The number of ether oxygens (including phenoxy) is 1. The maximum Gasteiger partial charge on any atom is 0.131 e. The second-order valence-corrected chi connectivity index (χ2v) is 4.64. The number of hydrogen-bond acceptors (Lipinski definition) is 2. The summed E-state index contributed by atoms with van der Waals surface area (Å²) in [5.41, 5.74) is 1.14. The van der Waals surface area contributed by atoms with E-state index in [2.05, 4.69) is 0 Å². The van der Waals surface area contributed by atoms with Gasteiger partial charge >= 0.3 is 0 Å². The average Bonchev–Trinajstić information content (AvgIpc) is 2.38. The van der Waals surface area contributed by atoms with E-state index in [1.165, 1.54) is 6.07 Å². The maximum atomic E-state index is 13.5. The smallest absolute Gasteiger partial charge is 0.131 e. The van der Waals surface area contributed by atoms with Crippen LogP contribution < -0.4 is 4.74 Å². The molecule has 2 aromatic rings. The van der Waals surface area contributed by atoms with Gasteiger partial charge in [0.25, 0.3) is 0 Å². The Morgan fingerprint density at radius 2 is 1.89 bits per heavy atom. The Balaban J connectivity index is 2.06. The lowest BCUT2D eigenvalue weighted by Crippen LogP contribution is -2.00. The number of hydrogen-bond donors (Lipinski definition) is 1. The van der Waals surface area contributed by atoms with Crippen LogP contribution >= 0.6 is 11.6 Å². The molecule has 1 N–H and O–H groups in total. The van der Waals surface area contributed by atoms with Crippen LogP contribution in [0.25, 0.3) is 0 Å². The molecule has 19 heavy (non-hydrogen) atoms. The van der Waals surface area contributed by atoms with E-state index in [-0.39, 0.29) is 12.4 Å². The van der Waals surface area contributed by atoms with E-state index in [4.69, 9.17) is 16.3 Å². The molecule has 0 saturated heterocycles. The molecule has 2 rings (SSSR count). The zero-order chi connectivity index (χ0) is 13.8. The summed E-state index contributed by atoms with van der Waals surface area (Å²) in [6.07, 6.45) is -0.518. The molecule has 0 aliphatic rings. The van der Waals surface area contributed by atoms with E-state index >= 15 is 0 Å². The van der Waals surface area contributed by atoms with Gasteiger partial charge in [0.05, 0.1) is 11.1 Å². The number of aliphatic hydroxyl groups excluding tert-OH is 1. The third-order valence-corrected chi connectivity index (χ3v) is 3.16.